The van der Waals surface area contributed by atoms with Gasteiger partial charge in [-0.05, 0) is 48.0 Å². The number of anilines is 1. The fourth-order valence-electron chi connectivity index (χ4n) is 2.30. The van der Waals surface area contributed by atoms with Crippen molar-refractivity contribution in [2.75, 3.05) is 12.4 Å². The molecule has 0 radical (unpaired) electrons. The summed E-state index contributed by atoms with van der Waals surface area (Å²) in [7, 11) is 1.55. The molecule has 25 heavy (non-hydrogen) atoms. The van der Waals surface area contributed by atoms with Crippen molar-refractivity contribution in [2.24, 2.45) is 0 Å². The predicted octanol–water partition coefficient (Wildman–Crippen LogP) is 4.17. The van der Waals surface area contributed by atoms with Crippen molar-refractivity contribution in [1.29, 1.82) is 0 Å². The number of thiophene rings is 1. The number of amides is 2. The average Bonchev–Trinajstić information content (AvgIpc) is 3.12. The van der Waals surface area contributed by atoms with E-state index in [9.17, 15) is 14.0 Å². The number of carbonyl (C=O) groups excluding carboxylic acids is 2. The van der Waals surface area contributed by atoms with E-state index in [1.165, 1.54) is 23.5 Å². The predicted molar refractivity (Wildman–Crippen MR) is 97.5 cm³/mol. The van der Waals surface area contributed by atoms with Crippen molar-refractivity contribution in [3.05, 3.63) is 76.9 Å². The summed E-state index contributed by atoms with van der Waals surface area (Å²) in [5.41, 5.74) is 1.87. The second-order valence-electron chi connectivity index (χ2n) is 5.28. The lowest BCUT2D eigenvalue weighted by Crippen LogP contribution is -2.18. The van der Waals surface area contributed by atoms with Crippen LogP contribution in [0.25, 0.3) is 10.4 Å². The van der Waals surface area contributed by atoms with Crippen LogP contribution in [-0.2, 0) is 0 Å². The highest BCUT2D eigenvalue weighted by Gasteiger charge is 2.12. The molecule has 0 fully saturated rings. The lowest BCUT2D eigenvalue weighted by molar-refractivity contribution is 0.0961. The molecule has 3 aromatic rings. The Morgan fingerprint density at radius 2 is 1.72 bits per heavy atom. The Bertz CT molecular complexity index is 919. The Labute approximate surface area is 148 Å². The fraction of sp³-hybridized carbons (Fsp3) is 0.0526. The van der Waals surface area contributed by atoms with E-state index < -0.39 is 0 Å². The highest BCUT2D eigenvalue weighted by atomic mass is 32.1. The molecule has 2 N–H and O–H groups in total. The zero-order valence-corrected chi connectivity index (χ0v) is 14.2. The van der Waals surface area contributed by atoms with Gasteiger partial charge in [-0.2, -0.15) is 0 Å². The average molecular weight is 354 g/mol. The summed E-state index contributed by atoms with van der Waals surface area (Å²) in [5, 5.41) is 5.33. The van der Waals surface area contributed by atoms with Crippen LogP contribution < -0.4 is 10.6 Å². The van der Waals surface area contributed by atoms with Gasteiger partial charge in [-0.3, -0.25) is 9.59 Å². The van der Waals surface area contributed by atoms with Gasteiger partial charge in [0.15, 0.2) is 0 Å². The van der Waals surface area contributed by atoms with E-state index in [0.717, 1.165) is 10.4 Å². The fourth-order valence-corrected chi connectivity index (χ4v) is 3.21. The van der Waals surface area contributed by atoms with Crippen LogP contribution >= 0.6 is 11.3 Å². The Hall–Kier alpha value is -2.99. The highest BCUT2D eigenvalue weighted by molar-refractivity contribution is 7.17. The Morgan fingerprint density at radius 3 is 2.44 bits per heavy atom. The Balaban J connectivity index is 1.76. The zero-order valence-electron chi connectivity index (χ0n) is 13.4. The van der Waals surface area contributed by atoms with Crippen LogP contribution in [0.2, 0.25) is 0 Å². The highest BCUT2D eigenvalue weighted by Crippen LogP contribution is 2.28. The molecule has 0 atom stereocenters. The summed E-state index contributed by atoms with van der Waals surface area (Å²) >= 11 is 1.32. The summed E-state index contributed by atoms with van der Waals surface area (Å²) in [6, 6.07) is 16.4. The molecule has 2 aromatic carbocycles. The van der Waals surface area contributed by atoms with Gasteiger partial charge in [0.1, 0.15) is 5.82 Å². The van der Waals surface area contributed by atoms with Gasteiger partial charge in [0, 0.05) is 23.2 Å². The third-order valence-corrected chi connectivity index (χ3v) is 4.70. The van der Waals surface area contributed by atoms with Crippen LogP contribution in [0.3, 0.4) is 0 Å². The summed E-state index contributed by atoms with van der Waals surface area (Å²) in [6.07, 6.45) is 0. The Morgan fingerprint density at radius 1 is 0.960 bits per heavy atom. The molecule has 2 amide bonds. The van der Waals surface area contributed by atoms with E-state index in [1.54, 1.807) is 49.5 Å². The van der Waals surface area contributed by atoms with E-state index in [4.69, 9.17) is 0 Å². The molecule has 126 valence electrons. The minimum absolute atomic E-state index is 0.217. The van der Waals surface area contributed by atoms with Crippen LogP contribution in [0.1, 0.15) is 20.0 Å². The maximum absolute atomic E-state index is 13.0. The molecule has 0 aliphatic heterocycles. The summed E-state index contributed by atoms with van der Waals surface area (Å²) in [4.78, 5) is 25.5. The number of hydrogen-bond acceptors (Lipinski definition) is 3. The zero-order chi connectivity index (χ0) is 17.8. The molecular formula is C19H15FN2O2S. The molecule has 3 rings (SSSR count). The van der Waals surface area contributed by atoms with Gasteiger partial charge in [0.05, 0.1) is 4.88 Å². The van der Waals surface area contributed by atoms with E-state index >= 15 is 0 Å². The summed E-state index contributed by atoms with van der Waals surface area (Å²) < 4.78 is 13.0. The monoisotopic (exact) mass is 354 g/mol. The molecule has 1 heterocycles. The largest absolute Gasteiger partial charge is 0.355 e. The minimum Gasteiger partial charge on any atom is -0.355 e. The molecule has 6 heteroatoms. The topological polar surface area (TPSA) is 58.2 Å². The first-order valence-corrected chi connectivity index (χ1v) is 8.38. The normalized spacial score (nSPS) is 10.3. The molecular weight excluding hydrogens is 339 g/mol. The van der Waals surface area contributed by atoms with Gasteiger partial charge >= 0.3 is 0 Å². The van der Waals surface area contributed by atoms with Gasteiger partial charge in [-0.25, -0.2) is 4.39 Å². The van der Waals surface area contributed by atoms with E-state index in [0.29, 0.717) is 16.1 Å². The molecule has 0 spiro atoms. The summed E-state index contributed by atoms with van der Waals surface area (Å²) in [6.45, 7) is 0. The van der Waals surface area contributed by atoms with Gasteiger partial charge in [-0.15, -0.1) is 11.3 Å². The number of benzene rings is 2. The quantitative estimate of drug-likeness (QED) is 0.739. The number of rotatable bonds is 4. The molecule has 0 aliphatic rings. The second kappa shape index (κ2) is 7.27. The number of halogens is 1. The SMILES string of the molecule is CNC(=O)c1cccc(NC(=O)c2ccc(-c3ccc(F)cc3)s2)c1. The molecule has 0 saturated heterocycles. The van der Waals surface area contributed by atoms with Crippen molar-refractivity contribution in [3.63, 3.8) is 0 Å². The number of carbonyl (C=O) groups is 2. The van der Waals surface area contributed by atoms with Crippen LogP contribution in [-0.4, -0.2) is 18.9 Å². The summed E-state index contributed by atoms with van der Waals surface area (Å²) in [5.74, 6) is -0.771. The van der Waals surface area contributed by atoms with Crippen molar-refractivity contribution in [1.82, 2.24) is 5.32 Å². The lowest BCUT2D eigenvalue weighted by Gasteiger charge is -2.06. The smallest absolute Gasteiger partial charge is 0.265 e. The van der Waals surface area contributed by atoms with Crippen LogP contribution in [0.4, 0.5) is 10.1 Å². The number of nitrogens with one attached hydrogen (secondary N) is 2. The van der Waals surface area contributed by atoms with E-state index in [2.05, 4.69) is 10.6 Å². The third-order valence-electron chi connectivity index (χ3n) is 3.57. The van der Waals surface area contributed by atoms with Crippen LogP contribution in [0.15, 0.2) is 60.7 Å². The van der Waals surface area contributed by atoms with Crippen molar-refractivity contribution in [3.8, 4) is 10.4 Å². The van der Waals surface area contributed by atoms with E-state index in [-0.39, 0.29) is 17.6 Å². The first kappa shape index (κ1) is 16.9. The Kier molecular flexibility index (Phi) is 4.90. The molecule has 4 nitrogen and oxygen atoms in total. The van der Waals surface area contributed by atoms with E-state index in [1.807, 2.05) is 6.07 Å². The van der Waals surface area contributed by atoms with Gasteiger partial charge < -0.3 is 10.6 Å². The van der Waals surface area contributed by atoms with Crippen molar-refractivity contribution < 1.29 is 14.0 Å². The van der Waals surface area contributed by atoms with Gasteiger partial charge in [-0.1, -0.05) is 18.2 Å². The van der Waals surface area contributed by atoms with Crippen molar-refractivity contribution in [2.45, 2.75) is 0 Å². The molecule has 0 bridgehead atoms. The first-order valence-electron chi connectivity index (χ1n) is 7.56. The molecule has 0 saturated carbocycles. The van der Waals surface area contributed by atoms with Gasteiger partial charge in [0.2, 0.25) is 0 Å². The maximum Gasteiger partial charge on any atom is 0.265 e. The standard InChI is InChI=1S/C19H15FN2O2S/c1-21-18(23)13-3-2-4-15(11-13)22-19(24)17-10-9-16(25-17)12-5-7-14(20)8-6-12/h2-11H,1H3,(H,21,23)(H,22,24). The second-order valence-corrected chi connectivity index (χ2v) is 6.37. The number of hydrogen-bond donors (Lipinski definition) is 2. The van der Waals surface area contributed by atoms with Crippen LogP contribution in [0, 0.1) is 5.82 Å². The maximum atomic E-state index is 13.0. The molecule has 1 aromatic heterocycles. The third kappa shape index (κ3) is 3.92. The van der Waals surface area contributed by atoms with Gasteiger partial charge in [0.25, 0.3) is 11.8 Å². The first-order chi connectivity index (χ1) is 12.1. The van der Waals surface area contributed by atoms with Crippen molar-refractivity contribution >= 4 is 28.8 Å². The minimum atomic E-state index is -0.297. The molecule has 0 unspecified atom stereocenters. The lowest BCUT2D eigenvalue weighted by atomic mass is 10.2. The molecule has 0 aliphatic carbocycles. The van der Waals surface area contributed by atoms with Crippen LogP contribution in [0.5, 0.6) is 0 Å².